The number of rotatable bonds is 1. The summed E-state index contributed by atoms with van der Waals surface area (Å²) in [5.74, 6) is 0.227. The van der Waals surface area contributed by atoms with Crippen molar-refractivity contribution in [2.75, 3.05) is 13.2 Å². The zero-order chi connectivity index (χ0) is 12.3. The van der Waals surface area contributed by atoms with Crippen molar-refractivity contribution < 1.29 is 9.47 Å². The van der Waals surface area contributed by atoms with Gasteiger partial charge in [-0.15, -0.1) is 0 Å². The molecule has 1 aromatic carbocycles. The van der Waals surface area contributed by atoms with Gasteiger partial charge in [0, 0.05) is 5.92 Å². The highest BCUT2D eigenvalue weighted by Crippen LogP contribution is 2.29. The van der Waals surface area contributed by atoms with Crippen LogP contribution in [0, 0.1) is 11.3 Å². The third-order valence-electron chi connectivity index (χ3n) is 3.28. The summed E-state index contributed by atoms with van der Waals surface area (Å²) in [5, 5.41) is 8.79. The standard InChI is InChI=1S/C14H17NO2/c1-10-14(11(2)17-8-7-16-10)13-5-3-12(9-15)4-6-13/h3-6,10-11,14H,7-8H2,1-2H3. The summed E-state index contributed by atoms with van der Waals surface area (Å²) in [6.07, 6.45) is 0.279. The second-order valence-corrected chi connectivity index (χ2v) is 4.41. The number of hydrogen-bond acceptors (Lipinski definition) is 3. The van der Waals surface area contributed by atoms with Crippen molar-refractivity contribution in [3.8, 4) is 6.07 Å². The van der Waals surface area contributed by atoms with Crippen LogP contribution < -0.4 is 0 Å². The summed E-state index contributed by atoms with van der Waals surface area (Å²) in [6, 6.07) is 9.81. The average molecular weight is 231 g/mol. The van der Waals surface area contributed by atoms with E-state index in [2.05, 4.69) is 19.9 Å². The van der Waals surface area contributed by atoms with Crippen LogP contribution in [0.2, 0.25) is 0 Å². The second-order valence-electron chi connectivity index (χ2n) is 4.41. The first kappa shape index (κ1) is 12.1. The van der Waals surface area contributed by atoms with Crippen LogP contribution in [0.5, 0.6) is 0 Å². The van der Waals surface area contributed by atoms with E-state index < -0.39 is 0 Å². The molecule has 2 atom stereocenters. The third kappa shape index (κ3) is 2.66. The lowest BCUT2D eigenvalue weighted by atomic mass is 9.89. The Morgan fingerprint density at radius 1 is 1.06 bits per heavy atom. The fourth-order valence-corrected chi connectivity index (χ4v) is 2.38. The lowest BCUT2D eigenvalue weighted by molar-refractivity contribution is 0.0557. The zero-order valence-corrected chi connectivity index (χ0v) is 10.2. The number of hydrogen-bond donors (Lipinski definition) is 0. The second kappa shape index (κ2) is 5.31. The Kier molecular flexibility index (Phi) is 3.78. The van der Waals surface area contributed by atoms with Crippen molar-refractivity contribution in [2.24, 2.45) is 0 Å². The normalized spacial score (nSPS) is 29.4. The molecule has 0 bridgehead atoms. The van der Waals surface area contributed by atoms with E-state index in [0.717, 1.165) is 0 Å². The summed E-state index contributed by atoms with van der Waals surface area (Å²) < 4.78 is 11.4. The lowest BCUT2D eigenvalue weighted by Gasteiger charge is -2.26. The van der Waals surface area contributed by atoms with Gasteiger partial charge in [0.05, 0.1) is 37.1 Å². The molecule has 3 heteroatoms. The molecule has 0 spiro atoms. The van der Waals surface area contributed by atoms with Crippen LogP contribution in [0.15, 0.2) is 24.3 Å². The molecule has 1 saturated heterocycles. The smallest absolute Gasteiger partial charge is 0.0991 e. The predicted octanol–water partition coefficient (Wildman–Crippen LogP) is 2.47. The molecule has 2 rings (SSSR count). The molecule has 1 fully saturated rings. The van der Waals surface area contributed by atoms with Gasteiger partial charge in [-0.3, -0.25) is 0 Å². The Labute approximate surface area is 102 Å². The highest BCUT2D eigenvalue weighted by Gasteiger charge is 2.29. The maximum atomic E-state index is 8.79. The van der Waals surface area contributed by atoms with Crippen LogP contribution >= 0.6 is 0 Å². The summed E-state index contributed by atoms with van der Waals surface area (Å²) in [4.78, 5) is 0. The Balaban J connectivity index is 2.25. The van der Waals surface area contributed by atoms with Crippen LogP contribution in [-0.2, 0) is 9.47 Å². The van der Waals surface area contributed by atoms with Gasteiger partial charge >= 0.3 is 0 Å². The Hall–Kier alpha value is -1.37. The summed E-state index contributed by atoms with van der Waals surface area (Å²) >= 11 is 0. The van der Waals surface area contributed by atoms with Crippen LogP contribution in [0.3, 0.4) is 0 Å². The largest absolute Gasteiger partial charge is 0.375 e. The molecule has 1 aliphatic heterocycles. The van der Waals surface area contributed by atoms with E-state index in [1.54, 1.807) is 0 Å². The molecular formula is C14H17NO2. The van der Waals surface area contributed by atoms with Gasteiger partial charge in [-0.2, -0.15) is 5.26 Å². The Bertz CT molecular complexity index is 395. The van der Waals surface area contributed by atoms with Gasteiger partial charge in [-0.1, -0.05) is 12.1 Å². The van der Waals surface area contributed by atoms with Crippen LogP contribution in [0.1, 0.15) is 30.9 Å². The molecule has 3 nitrogen and oxygen atoms in total. The Morgan fingerprint density at radius 2 is 1.59 bits per heavy atom. The molecular weight excluding hydrogens is 214 g/mol. The Morgan fingerprint density at radius 3 is 2.06 bits per heavy atom. The van der Waals surface area contributed by atoms with Gasteiger partial charge in [0.1, 0.15) is 0 Å². The molecule has 1 heterocycles. The van der Waals surface area contributed by atoms with Crippen LogP contribution in [0.25, 0.3) is 0 Å². The summed E-state index contributed by atoms with van der Waals surface area (Å²) in [5.41, 5.74) is 1.86. The van der Waals surface area contributed by atoms with Crippen molar-refractivity contribution in [1.82, 2.24) is 0 Å². The molecule has 0 amide bonds. The molecule has 2 unspecified atom stereocenters. The summed E-state index contributed by atoms with van der Waals surface area (Å²) in [7, 11) is 0. The van der Waals surface area contributed by atoms with Crippen molar-refractivity contribution in [3.63, 3.8) is 0 Å². The summed E-state index contributed by atoms with van der Waals surface area (Å²) in [6.45, 7) is 5.46. The molecule has 0 saturated carbocycles. The number of nitriles is 1. The molecule has 0 aliphatic carbocycles. The zero-order valence-electron chi connectivity index (χ0n) is 10.2. The molecule has 17 heavy (non-hydrogen) atoms. The van der Waals surface area contributed by atoms with Gasteiger partial charge in [-0.25, -0.2) is 0 Å². The van der Waals surface area contributed by atoms with Crippen molar-refractivity contribution in [1.29, 1.82) is 5.26 Å². The molecule has 1 aliphatic rings. The number of ether oxygens (including phenoxy) is 2. The van der Waals surface area contributed by atoms with Crippen molar-refractivity contribution >= 4 is 0 Å². The first-order valence-electron chi connectivity index (χ1n) is 5.95. The average Bonchev–Trinajstić information content (AvgIpc) is 2.51. The molecule has 1 aromatic rings. The van der Waals surface area contributed by atoms with E-state index in [1.807, 2.05) is 24.3 Å². The lowest BCUT2D eigenvalue weighted by Crippen LogP contribution is -2.26. The van der Waals surface area contributed by atoms with E-state index in [4.69, 9.17) is 14.7 Å². The van der Waals surface area contributed by atoms with Crippen molar-refractivity contribution in [3.05, 3.63) is 35.4 Å². The molecule has 90 valence electrons. The fraction of sp³-hybridized carbons (Fsp3) is 0.500. The first-order valence-corrected chi connectivity index (χ1v) is 5.95. The highest BCUT2D eigenvalue weighted by atomic mass is 16.5. The molecule has 0 N–H and O–H groups in total. The van der Waals surface area contributed by atoms with E-state index in [-0.39, 0.29) is 18.1 Å². The fourth-order valence-electron chi connectivity index (χ4n) is 2.38. The predicted molar refractivity (Wildman–Crippen MR) is 64.7 cm³/mol. The van der Waals surface area contributed by atoms with E-state index in [0.29, 0.717) is 18.8 Å². The van der Waals surface area contributed by atoms with Crippen LogP contribution in [-0.4, -0.2) is 25.4 Å². The SMILES string of the molecule is CC1OCCOC(C)C1c1ccc(C#N)cc1. The van der Waals surface area contributed by atoms with Gasteiger partial charge in [-0.05, 0) is 31.5 Å². The van der Waals surface area contributed by atoms with Gasteiger partial charge in [0.25, 0.3) is 0 Å². The molecule has 0 aromatic heterocycles. The topological polar surface area (TPSA) is 42.2 Å². The third-order valence-corrected chi connectivity index (χ3v) is 3.28. The quantitative estimate of drug-likeness (QED) is 0.745. The van der Waals surface area contributed by atoms with Crippen molar-refractivity contribution in [2.45, 2.75) is 32.0 Å². The van der Waals surface area contributed by atoms with E-state index in [1.165, 1.54) is 5.56 Å². The molecule has 0 radical (unpaired) electrons. The van der Waals surface area contributed by atoms with Gasteiger partial charge in [0.15, 0.2) is 0 Å². The minimum absolute atomic E-state index is 0.139. The number of nitrogens with zero attached hydrogens (tertiary/aromatic N) is 1. The van der Waals surface area contributed by atoms with E-state index in [9.17, 15) is 0 Å². The monoisotopic (exact) mass is 231 g/mol. The minimum atomic E-state index is 0.139. The van der Waals surface area contributed by atoms with Crippen LogP contribution in [0.4, 0.5) is 0 Å². The first-order chi connectivity index (χ1) is 8.22. The van der Waals surface area contributed by atoms with E-state index >= 15 is 0 Å². The van der Waals surface area contributed by atoms with Gasteiger partial charge in [0.2, 0.25) is 0 Å². The number of benzene rings is 1. The van der Waals surface area contributed by atoms with Gasteiger partial charge < -0.3 is 9.47 Å². The maximum absolute atomic E-state index is 8.79. The minimum Gasteiger partial charge on any atom is -0.375 e. The highest BCUT2D eigenvalue weighted by molar-refractivity contribution is 5.33. The maximum Gasteiger partial charge on any atom is 0.0991 e.